The van der Waals surface area contributed by atoms with E-state index in [0.717, 1.165) is 12.2 Å². The molecule has 1 N–H and O–H groups in total. The predicted octanol–water partition coefficient (Wildman–Crippen LogP) is 3.82. The first-order chi connectivity index (χ1) is 9.65. The summed E-state index contributed by atoms with van der Waals surface area (Å²) in [7, 11) is 3.74. The number of nitrogens with one attached hydrogen (secondary N) is 1. The van der Waals surface area contributed by atoms with Gasteiger partial charge in [-0.05, 0) is 55.6 Å². The Kier molecular flexibility index (Phi) is 4.80. The zero-order chi connectivity index (χ0) is 14.5. The van der Waals surface area contributed by atoms with Gasteiger partial charge in [-0.25, -0.2) is 0 Å². The van der Waals surface area contributed by atoms with E-state index < -0.39 is 0 Å². The minimum Gasteiger partial charge on any atom is -0.496 e. The normalized spacial score (nSPS) is 12.2. The average molecular weight is 269 g/mol. The van der Waals surface area contributed by atoms with Gasteiger partial charge in [-0.1, -0.05) is 36.4 Å². The fraction of sp³-hybridized carbons (Fsp3) is 0.333. The highest BCUT2D eigenvalue weighted by Gasteiger charge is 2.14. The summed E-state index contributed by atoms with van der Waals surface area (Å²) < 4.78 is 5.39. The molecule has 1 atom stereocenters. The molecule has 0 aliphatic heterocycles. The number of hydrogen-bond acceptors (Lipinski definition) is 2. The van der Waals surface area contributed by atoms with Crippen molar-refractivity contribution in [3.05, 3.63) is 64.7 Å². The number of aryl methyl sites for hydroxylation is 2. The quantitative estimate of drug-likeness (QED) is 0.891. The van der Waals surface area contributed by atoms with E-state index in [1.807, 2.05) is 7.05 Å². The van der Waals surface area contributed by atoms with E-state index in [4.69, 9.17) is 4.74 Å². The van der Waals surface area contributed by atoms with E-state index in [2.05, 4.69) is 61.6 Å². The summed E-state index contributed by atoms with van der Waals surface area (Å²) in [5.41, 5.74) is 5.14. The van der Waals surface area contributed by atoms with Gasteiger partial charge in [0.15, 0.2) is 0 Å². The second-order valence-corrected chi connectivity index (χ2v) is 5.21. The van der Waals surface area contributed by atoms with E-state index in [9.17, 15) is 0 Å². The highest BCUT2D eigenvalue weighted by Crippen LogP contribution is 2.28. The standard InChI is InChI=1S/C18H23NO/c1-13-11-18(20-4)14(2)10-16(13)17(19-3)12-15-8-6-5-7-9-15/h5-11,17,19H,12H2,1-4H3. The first-order valence-electron chi connectivity index (χ1n) is 7.02. The van der Waals surface area contributed by atoms with Crippen LogP contribution in [-0.4, -0.2) is 14.2 Å². The molecule has 2 nitrogen and oxygen atoms in total. The fourth-order valence-electron chi connectivity index (χ4n) is 2.62. The van der Waals surface area contributed by atoms with Gasteiger partial charge in [-0.2, -0.15) is 0 Å². The van der Waals surface area contributed by atoms with Crippen LogP contribution in [0.3, 0.4) is 0 Å². The molecule has 2 rings (SSSR count). The van der Waals surface area contributed by atoms with Crippen LogP contribution in [0.1, 0.15) is 28.3 Å². The van der Waals surface area contributed by atoms with Crippen LogP contribution in [0.5, 0.6) is 5.75 Å². The molecule has 0 radical (unpaired) electrons. The molecular formula is C18H23NO. The molecule has 0 fully saturated rings. The molecule has 2 aromatic rings. The van der Waals surface area contributed by atoms with Crippen molar-refractivity contribution in [1.29, 1.82) is 0 Å². The number of likely N-dealkylation sites (N-methyl/N-ethyl adjacent to an activating group) is 1. The van der Waals surface area contributed by atoms with Crippen LogP contribution in [0.25, 0.3) is 0 Å². The van der Waals surface area contributed by atoms with Gasteiger partial charge in [0, 0.05) is 6.04 Å². The van der Waals surface area contributed by atoms with Crippen LogP contribution in [0.15, 0.2) is 42.5 Å². The third kappa shape index (κ3) is 3.20. The lowest BCUT2D eigenvalue weighted by atomic mass is 9.93. The lowest BCUT2D eigenvalue weighted by Crippen LogP contribution is -2.20. The Morgan fingerprint density at radius 2 is 1.75 bits per heavy atom. The first kappa shape index (κ1) is 14.6. The van der Waals surface area contributed by atoms with E-state index in [-0.39, 0.29) is 0 Å². The summed E-state index contributed by atoms with van der Waals surface area (Å²) in [6.07, 6.45) is 0.990. The zero-order valence-electron chi connectivity index (χ0n) is 12.7. The Bertz CT molecular complexity index is 563. The van der Waals surface area contributed by atoms with Crippen LogP contribution in [0.2, 0.25) is 0 Å². The third-order valence-corrected chi connectivity index (χ3v) is 3.79. The van der Waals surface area contributed by atoms with Gasteiger partial charge in [0.25, 0.3) is 0 Å². The number of rotatable bonds is 5. The van der Waals surface area contributed by atoms with Gasteiger partial charge in [-0.15, -0.1) is 0 Å². The Balaban J connectivity index is 2.30. The summed E-state index contributed by atoms with van der Waals surface area (Å²) in [6, 6.07) is 15.3. The summed E-state index contributed by atoms with van der Waals surface area (Å²) in [6.45, 7) is 4.24. The SMILES string of the molecule is CNC(Cc1ccccc1)c1cc(C)c(OC)cc1C. The van der Waals surface area contributed by atoms with E-state index >= 15 is 0 Å². The van der Waals surface area contributed by atoms with Crippen molar-refractivity contribution >= 4 is 0 Å². The van der Waals surface area contributed by atoms with E-state index in [1.54, 1.807) is 7.11 Å². The maximum atomic E-state index is 5.39. The van der Waals surface area contributed by atoms with Crippen molar-refractivity contribution < 1.29 is 4.74 Å². The Hall–Kier alpha value is -1.80. The molecule has 20 heavy (non-hydrogen) atoms. The van der Waals surface area contributed by atoms with Gasteiger partial charge in [-0.3, -0.25) is 0 Å². The second kappa shape index (κ2) is 6.58. The molecular weight excluding hydrogens is 246 g/mol. The van der Waals surface area contributed by atoms with Crippen molar-refractivity contribution in [2.24, 2.45) is 0 Å². The molecule has 0 aromatic heterocycles. The predicted molar refractivity (Wildman–Crippen MR) is 84.4 cm³/mol. The Morgan fingerprint density at radius 3 is 2.35 bits per heavy atom. The summed E-state index contributed by atoms with van der Waals surface area (Å²) in [4.78, 5) is 0. The van der Waals surface area contributed by atoms with Crippen LogP contribution in [0, 0.1) is 13.8 Å². The van der Waals surface area contributed by atoms with Gasteiger partial charge in [0.2, 0.25) is 0 Å². The number of benzene rings is 2. The van der Waals surface area contributed by atoms with Crippen molar-refractivity contribution in [1.82, 2.24) is 5.32 Å². The molecule has 0 heterocycles. The Labute approximate surface area is 121 Å². The minimum absolute atomic E-state index is 0.321. The van der Waals surface area contributed by atoms with Crippen molar-refractivity contribution in [3.8, 4) is 5.75 Å². The first-order valence-corrected chi connectivity index (χ1v) is 7.02. The molecule has 0 amide bonds. The molecule has 0 aliphatic rings. The summed E-state index contributed by atoms with van der Waals surface area (Å²) in [5.74, 6) is 0.959. The van der Waals surface area contributed by atoms with E-state index in [1.165, 1.54) is 22.3 Å². The molecule has 0 saturated carbocycles. The molecule has 2 aromatic carbocycles. The lowest BCUT2D eigenvalue weighted by Gasteiger charge is -2.21. The third-order valence-electron chi connectivity index (χ3n) is 3.79. The zero-order valence-corrected chi connectivity index (χ0v) is 12.7. The Morgan fingerprint density at radius 1 is 1.05 bits per heavy atom. The smallest absolute Gasteiger partial charge is 0.122 e. The van der Waals surface area contributed by atoms with Crippen LogP contribution >= 0.6 is 0 Å². The van der Waals surface area contributed by atoms with Crippen LogP contribution in [-0.2, 0) is 6.42 Å². The second-order valence-electron chi connectivity index (χ2n) is 5.21. The van der Waals surface area contributed by atoms with Gasteiger partial charge >= 0.3 is 0 Å². The number of ether oxygens (including phenoxy) is 1. The maximum absolute atomic E-state index is 5.39. The summed E-state index contributed by atoms with van der Waals surface area (Å²) in [5, 5.41) is 3.43. The topological polar surface area (TPSA) is 21.3 Å². The molecule has 2 heteroatoms. The lowest BCUT2D eigenvalue weighted by molar-refractivity contribution is 0.410. The fourth-order valence-corrected chi connectivity index (χ4v) is 2.62. The van der Waals surface area contributed by atoms with Crippen LogP contribution < -0.4 is 10.1 Å². The van der Waals surface area contributed by atoms with Gasteiger partial charge < -0.3 is 10.1 Å². The molecule has 0 aliphatic carbocycles. The number of methoxy groups -OCH3 is 1. The van der Waals surface area contributed by atoms with Crippen molar-refractivity contribution in [2.75, 3.05) is 14.2 Å². The molecule has 0 spiro atoms. The highest BCUT2D eigenvalue weighted by molar-refractivity contribution is 5.43. The average Bonchev–Trinajstić information content (AvgIpc) is 2.48. The monoisotopic (exact) mass is 269 g/mol. The van der Waals surface area contributed by atoms with Gasteiger partial charge in [0.1, 0.15) is 5.75 Å². The molecule has 1 unspecified atom stereocenters. The molecule has 106 valence electrons. The summed E-state index contributed by atoms with van der Waals surface area (Å²) >= 11 is 0. The number of hydrogen-bond donors (Lipinski definition) is 1. The molecule has 0 bridgehead atoms. The van der Waals surface area contributed by atoms with Crippen LogP contribution in [0.4, 0.5) is 0 Å². The van der Waals surface area contributed by atoms with E-state index in [0.29, 0.717) is 6.04 Å². The van der Waals surface area contributed by atoms with Gasteiger partial charge in [0.05, 0.1) is 7.11 Å². The maximum Gasteiger partial charge on any atom is 0.122 e. The highest BCUT2D eigenvalue weighted by atomic mass is 16.5. The minimum atomic E-state index is 0.321. The molecule has 0 saturated heterocycles. The van der Waals surface area contributed by atoms with Crippen molar-refractivity contribution in [2.45, 2.75) is 26.3 Å². The largest absolute Gasteiger partial charge is 0.496 e. The van der Waals surface area contributed by atoms with Crippen molar-refractivity contribution in [3.63, 3.8) is 0 Å².